The van der Waals surface area contributed by atoms with Crippen molar-refractivity contribution in [1.29, 1.82) is 0 Å². The minimum Gasteiger partial charge on any atom is -0.477 e. The lowest BCUT2D eigenvalue weighted by molar-refractivity contribution is -0.00188. The molecule has 26 heavy (non-hydrogen) atoms. The highest BCUT2D eigenvalue weighted by molar-refractivity contribution is 5.96. The molecule has 0 saturated carbocycles. The second kappa shape index (κ2) is 8.81. The second-order valence-electron chi connectivity index (χ2n) is 6.98. The number of amides is 1. The Hall–Kier alpha value is -2.40. The molecule has 1 unspecified atom stereocenters. The zero-order chi connectivity index (χ0) is 18.4. The SMILES string of the molecule is CC(C)COc1ncccc1C(=O)N1CCOCC1Cc1ccccc1. The Bertz CT molecular complexity index is 718. The molecular formula is C21H26N2O3. The van der Waals surface area contributed by atoms with Crippen molar-refractivity contribution in [3.63, 3.8) is 0 Å². The Morgan fingerprint density at radius 2 is 2.08 bits per heavy atom. The van der Waals surface area contributed by atoms with Crippen LogP contribution in [-0.4, -0.2) is 48.2 Å². The number of carbonyl (C=O) groups excluding carboxylic acids is 1. The summed E-state index contributed by atoms with van der Waals surface area (Å²) in [6.45, 7) is 6.36. The quantitative estimate of drug-likeness (QED) is 0.799. The maximum absolute atomic E-state index is 13.2. The first-order chi connectivity index (χ1) is 12.6. The van der Waals surface area contributed by atoms with Gasteiger partial charge in [-0.15, -0.1) is 0 Å². The standard InChI is InChI=1S/C21H26N2O3/c1-16(2)14-26-20-19(9-6-10-22-20)21(24)23-11-12-25-15-18(23)13-17-7-4-3-5-8-17/h3-10,16,18H,11-15H2,1-2H3. The number of ether oxygens (including phenoxy) is 2. The van der Waals surface area contributed by atoms with E-state index in [1.54, 1.807) is 18.3 Å². The molecule has 2 heterocycles. The Morgan fingerprint density at radius 1 is 1.27 bits per heavy atom. The van der Waals surface area contributed by atoms with Gasteiger partial charge in [0.25, 0.3) is 5.91 Å². The molecule has 1 fully saturated rings. The first-order valence-electron chi connectivity index (χ1n) is 9.15. The number of pyridine rings is 1. The molecule has 1 aliphatic rings. The van der Waals surface area contributed by atoms with E-state index in [-0.39, 0.29) is 11.9 Å². The maximum Gasteiger partial charge on any atom is 0.259 e. The molecule has 3 rings (SSSR count). The van der Waals surface area contributed by atoms with Crippen molar-refractivity contribution in [1.82, 2.24) is 9.88 Å². The third kappa shape index (κ3) is 4.61. The lowest BCUT2D eigenvalue weighted by Gasteiger charge is -2.36. The number of hydrogen-bond acceptors (Lipinski definition) is 4. The topological polar surface area (TPSA) is 51.7 Å². The minimum atomic E-state index is -0.0407. The molecule has 1 amide bonds. The molecule has 1 aromatic carbocycles. The van der Waals surface area contributed by atoms with Gasteiger partial charge in [-0.05, 0) is 30.0 Å². The molecule has 1 aromatic heterocycles. The summed E-state index contributed by atoms with van der Waals surface area (Å²) in [6.07, 6.45) is 2.43. The van der Waals surface area contributed by atoms with Crippen molar-refractivity contribution in [3.8, 4) is 5.88 Å². The smallest absolute Gasteiger partial charge is 0.259 e. The van der Waals surface area contributed by atoms with Gasteiger partial charge in [0.1, 0.15) is 5.56 Å². The van der Waals surface area contributed by atoms with Gasteiger partial charge in [-0.1, -0.05) is 44.2 Å². The van der Waals surface area contributed by atoms with Crippen molar-refractivity contribution < 1.29 is 14.3 Å². The summed E-state index contributed by atoms with van der Waals surface area (Å²) >= 11 is 0. The lowest BCUT2D eigenvalue weighted by atomic mass is 10.0. The molecular weight excluding hydrogens is 328 g/mol. The van der Waals surface area contributed by atoms with Crippen LogP contribution < -0.4 is 4.74 Å². The third-order valence-electron chi connectivity index (χ3n) is 4.36. The molecule has 5 heteroatoms. The van der Waals surface area contributed by atoms with Crippen LogP contribution in [0.25, 0.3) is 0 Å². The normalized spacial score (nSPS) is 17.3. The highest BCUT2D eigenvalue weighted by Crippen LogP contribution is 2.22. The molecule has 1 saturated heterocycles. The molecule has 0 radical (unpaired) electrons. The number of rotatable bonds is 6. The molecule has 1 aliphatic heterocycles. The monoisotopic (exact) mass is 354 g/mol. The van der Waals surface area contributed by atoms with Crippen LogP contribution in [0.15, 0.2) is 48.7 Å². The number of nitrogens with zero attached hydrogens (tertiary/aromatic N) is 2. The zero-order valence-electron chi connectivity index (χ0n) is 15.4. The highest BCUT2D eigenvalue weighted by Gasteiger charge is 2.30. The molecule has 5 nitrogen and oxygen atoms in total. The third-order valence-corrected chi connectivity index (χ3v) is 4.36. The van der Waals surface area contributed by atoms with Crippen LogP contribution in [0.1, 0.15) is 29.8 Å². The first kappa shape index (κ1) is 18.4. The summed E-state index contributed by atoms with van der Waals surface area (Å²) in [4.78, 5) is 19.4. The van der Waals surface area contributed by atoms with Gasteiger partial charge < -0.3 is 14.4 Å². The summed E-state index contributed by atoms with van der Waals surface area (Å²) in [6, 6.07) is 13.8. The van der Waals surface area contributed by atoms with Gasteiger partial charge in [0, 0.05) is 12.7 Å². The van der Waals surface area contributed by atoms with Gasteiger partial charge in [-0.3, -0.25) is 4.79 Å². The van der Waals surface area contributed by atoms with Gasteiger partial charge in [-0.2, -0.15) is 0 Å². The van der Waals surface area contributed by atoms with Gasteiger partial charge in [0.05, 0.1) is 25.9 Å². The predicted molar refractivity (Wildman–Crippen MR) is 100 cm³/mol. The van der Waals surface area contributed by atoms with Crippen LogP contribution in [0.5, 0.6) is 5.88 Å². The van der Waals surface area contributed by atoms with E-state index in [0.717, 1.165) is 6.42 Å². The molecule has 1 atom stereocenters. The maximum atomic E-state index is 13.2. The van der Waals surface area contributed by atoms with E-state index in [2.05, 4.69) is 31.0 Å². The number of benzene rings is 1. The molecule has 0 spiro atoms. The van der Waals surface area contributed by atoms with Crippen molar-refractivity contribution in [2.75, 3.05) is 26.4 Å². The lowest BCUT2D eigenvalue weighted by Crippen LogP contribution is -2.49. The number of morpholine rings is 1. The minimum absolute atomic E-state index is 0.0109. The molecule has 0 aliphatic carbocycles. The number of aromatic nitrogens is 1. The summed E-state index contributed by atoms with van der Waals surface area (Å²) in [5, 5.41) is 0. The van der Waals surface area contributed by atoms with Crippen LogP contribution in [0, 0.1) is 5.92 Å². The van der Waals surface area contributed by atoms with Crippen molar-refractivity contribution in [3.05, 3.63) is 59.8 Å². The molecule has 2 aromatic rings. The average molecular weight is 354 g/mol. The van der Waals surface area contributed by atoms with Crippen molar-refractivity contribution in [2.45, 2.75) is 26.3 Å². The average Bonchev–Trinajstić information content (AvgIpc) is 2.67. The molecule has 0 bridgehead atoms. The van der Waals surface area contributed by atoms with Gasteiger partial charge in [0.2, 0.25) is 5.88 Å². The highest BCUT2D eigenvalue weighted by atomic mass is 16.5. The largest absolute Gasteiger partial charge is 0.477 e. The second-order valence-corrected chi connectivity index (χ2v) is 6.98. The van der Waals surface area contributed by atoms with E-state index in [4.69, 9.17) is 9.47 Å². The Kier molecular flexibility index (Phi) is 6.23. The predicted octanol–water partition coefficient (Wildman–Crippen LogP) is 3.20. The van der Waals surface area contributed by atoms with Crippen LogP contribution in [-0.2, 0) is 11.2 Å². The van der Waals surface area contributed by atoms with Crippen molar-refractivity contribution in [2.24, 2.45) is 5.92 Å². The van der Waals surface area contributed by atoms with Crippen LogP contribution in [0.2, 0.25) is 0 Å². The van der Waals surface area contributed by atoms with Crippen LogP contribution in [0.3, 0.4) is 0 Å². The van der Waals surface area contributed by atoms with Crippen molar-refractivity contribution >= 4 is 5.91 Å². The van der Waals surface area contributed by atoms with Crippen LogP contribution >= 0.6 is 0 Å². The fourth-order valence-electron chi connectivity index (χ4n) is 3.05. The van der Waals surface area contributed by atoms with E-state index < -0.39 is 0 Å². The number of hydrogen-bond donors (Lipinski definition) is 0. The summed E-state index contributed by atoms with van der Waals surface area (Å²) in [7, 11) is 0. The van der Waals surface area contributed by atoms with E-state index in [1.807, 2.05) is 23.1 Å². The zero-order valence-corrected chi connectivity index (χ0v) is 15.4. The Balaban J connectivity index is 1.78. The summed E-state index contributed by atoms with van der Waals surface area (Å²) in [5.74, 6) is 0.742. The van der Waals surface area contributed by atoms with Gasteiger partial charge in [-0.25, -0.2) is 4.98 Å². The van der Waals surface area contributed by atoms with E-state index in [9.17, 15) is 4.79 Å². The first-order valence-corrected chi connectivity index (χ1v) is 9.15. The summed E-state index contributed by atoms with van der Waals surface area (Å²) in [5.41, 5.74) is 1.72. The fraction of sp³-hybridized carbons (Fsp3) is 0.429. The van der Waals surface area contributed by atoms with Gasteiger partial charge in [0.15, 0.2) is 0 Å². The molecule has 0 N–H and O–H groups in total. The number of carbonyl (C=O) groups is 1. The van der Waals surface area contributed by atoms with E-state index in [1.165, 1.54) is 5.56 Å². The fourth-order valence-corrected chi connectivity index (χ4v) is 3.05. The van der Waals surface area contributed by atoms with E-state index >= 15 is 0 Å². The summed E-state index contributed by atoms with van der Waals surface area (Å²) < 4.78 is 11.4. The van der Waals surface area contributed by atoms with Crippen LogP contribution in [0.4, 0.5) is 0 Å². The van der Waals surface area contributed by atoms with E-state index in [0.29, 0.717) is 43.7 Å². The van der Waals surface area contributed by atoms with Gasteiger partial charge >= 0.3 is 0 Å². The Morgan fingerprint density at radius 3 is 2.85 bits per heavy atom. The molecule has 138 valence electrons. The Labute approximate surface area is 155 Å².